The zero-order valence-corrected chi connectivity index (χ0v) is 12.6. The van der Waals surface area contributed by atoms with E-state index in [1.807, 2.05) is 18.2 Å². The number of carbonyl (C=O) groups is 2. The van der Waals surface area contributed by atoms with Crippen LogP contribution in [0, 0.1) is 11.3 Å². The van der Waals surface area contributed by atoms with Crippen molar-refractivity contribution in [3.63, 3.8) is 0 Å². The fraction of sp³-hybridized carbons (Fsp3) is 0.0588. The SMILES string of the molecule is N#C/C(=C/NCc1ccccn1)C(=O)Nc1ccc(C(=O)O)cc1. The number of benzene rings is 1. The van der Waals surface area contributed by atoms with Gasteiger partial charge in [0.1, 0.15) is 11.6 Å². The molecular weight excluding hydrogens is 308 g/mol. The van der Waals surface area contributed by atoms with Crippen LogP contribution in [0.1, 0.15) is 16.1 Å². The number of nitrogens with zero attached hydrogens (tertiary/aromatic N) is 2. The lowest BCUT2D eigenvalue weighted by Crippen LogP contribution is -2.17. The molecule has 0 fully saturated rings. The van der Waals surface area contributed by atoms with Crippen LogP contribution >= 0.6 is 0 Å². The van der Waals surface area contributed by atoms with Crippen LogP contribution < -0.4 is 10.6 Å². The lowest BCUT2D eigenvalue weighted by atomic mass is 10.2. The van der Waals surface area contributed by atoms with Crippen LogP contribution in [0.25, 0.3) is 0 Å². The van der Waals surface area contributed by atoms with Crippen LogP contribution in [-0.2, 0) is 11.3 Å². The van der Waals surface area contributed by atoms with Crippen LogP contribution in [-0.4, -0.2) is 22.0 Å². The van der Waals surface area contributed by atoms with E-state index in [2.05, 4.69) is 15.6 Å². The Hall–Kier alpha value is -3.66. The van der Waals surface area contributed by atoms with Crippen molar-refractivity contribution in [1.82, 2.24) is 10.3 Å². The number of carboxylic acids is 1. The highest BCUT2D eigenvalue weighted by Crippen LogP contribution is 2.10. The van der Waals surface area contributed by atoms with Gasteiger partial charge >= 0.3 is 5.97 Å². The summed E-state index contributed by atoms with van der Waals surface area (Å²) in [6.45, 7) is 0.382. The first-order valence-corrected chi connectivity index (χ1v) is 6.98. The van der Waals surface area contributed by atoms with Crippen LogP contribution in [0.3, 0.4) is 0 Å². The van der Waals surface area contributed by atoms with E-state index >= 15 is 0 Å². The van der Waals surface area contributed by atoms with Gasteiger partial charge < -0.3 is 15.7 Å². The molecule has 0 bridgehead atoms. The first kappa shape index (κ1) is 16.7. The molecule has 0 aliphatic rings. The van der Waals surface area contributed by atoms with Gasteiger partial charge in [-0.25, -0.2) is 4.79 Å². The highest BCUT2D eigenvalue weighted by Gasteiger charge is 2.10. The molecule has 1 aromatic heterocycles. The zero-order valence-electron chi connectivity index (χ0n) is 12.6. The third kappa shape index (κ3) is 4.68. The van der Waals surface area contributed by atoms with Crippen molar-refractivity contribution in [3.05, 3.63) is 71.7 Å². The molecule has 0 aliphatic heterocycles. The normalized spacial score (nSPS) is 10.5. The Balaban J connectivity index is 1.96. The molecule has 0 atom stereocenters. The highest BCUT2D eigenvalue weighted by atomic mass is 16.4. The second-order valence-corrected chi connectivity index (χ2v) is 4.71. The molecule has 0 aliphatic carbocycles. The van der Waals surface area contributed by atoms with Gasteiger partial charge in [-0.2, -0.15) is 5.26 Å². The van der Waals surface area contributed by atoms with E-state index in [9.17, 15) is 9.59 Å². The minimum absolute atomic E-state index is 0.103. The van der Waals surface area contributed by atoms with E-state index in [1.54, 1.807) is 12.3 Å². The molecular formula is C17H14N4O3. The monoisotopic (exact) mass is 322 g/mol. The first-order valence-electron chi connectivity index (χ1n) is 6.98. The maximum Gasteiger partial charge on any atom is 0.335 e. The van der Waals surface area contributed by atoms with Crippen LogP contribution in [0.15, 0.2) is 60.4 Å². The van der Waals surface area contributed by atoms with E-state index in [4.69, 9.17) is 10.4 Å². The number of aromatic nitrogens is 1. The summed E-state index contributed by atoms with van der Waals surface area (Å²) < 4.78 is 0. The number of nitriles is 1. The second kappa shape index (κ2) is 8.10. The molecule has 1 heterocycles. The smallest absolute Gasteiger partial charge is 0.335 e. The van der Waals surface area contributed by atoms with Crippen molar-refractivity contribution < 1.29 is 14.7 Å². The summed E-state index contributed by atoms with van der Waals surface area (Å²) in [7, 11) is 0. The number of pyridine rings is 1. The summed E-state index contributed by atoms with van der Waals surface area (Å²) in [6, 6.07) is 12.9. The lowest BCUT2D eigenvalue weighted by molar-refractivity contribution is -0.112. The van der Waals surface area contributed by atoms with Gasteiger partial charge in [0, 0.05) is 18.1 Å². The van der Waals surface area contributed by atoms with Crippen LogP contribution in [0.5, 0.6) is 0 Å². The van der Waals surface area contributed by atoms with Gasteiger partial charge in [-0.15, -0.1) is 0 Å². The van der Waals surface area contributed by atoms with E-state index in [0.717, 1.165) is 5.69 Å². The van der Waals surface area contributed by atoms with E-state index in [-0.39, 0.29) is 11.1 Å². The van der Waals surface area contributed by atoms with Crippen molar-refractivity contribution in [2.75, 3.05) is 5.32 Å². The standard InChI is InChI=1S/C17H14N4O3/c18-9-13(10-19-11-15-3-1-2-8-20-15)16(22)21-14-6-4-12(5-7-14)17(23)24/h1-8,10,19H,11H2,(H,21,22)(H,23,24)/b13-10-. The molecule has 7 heteroatoms. The van der Waals surface area contributed by atoms with Crippen LogP contribution in [0.4, 0.5) is 5.69 Å². The van der Waals surface area contributed by atoms with Gasteiger partial charge in [-0.3, -0.25) is 9.78 Å². The summed E-state index contributed by atoms with van der Waals surface area (Å²) in [5.41, 5.74) is 1.18. The second-order valence-electron chi connectivity index (χ2n) is 4.71. The van der Waals surface area contributed by atoms with Crippen molar-refractivity contribution >= 4 is 17.6 Å². The van der Waals surface area contributed by atoms with E-state index < -0.39 is 11.9 Å². The average Bonchev–Trinajstić information content (AvgIpc) is 2.60. The average molecular weight is 322 g/mol. The Kier molecular flexibility index (Phi) is 5.64. The predicted octanol–water partition coefficient (Wildman–Crippen LogP) is 1.92. The largest absolute Gasteiger partial charge is 0.478 e. The highest BCUT2D eigenvalue weighted by molar-refractivity contribution is 6.06. The third-order valence-corrected chi connectivity index (χ3v) is 3.01. The van der Waals surface area contributed by atoms with Crippen LogP contribution in [0.2, 0.25) is 0 Å². The fourth-order valence-electron chi connectivity index (χ4n) is 1.80. The minimum Gasteiger partial charge on any atom is -0.478 e. The molecule has 0 saturated carbocycles. The first-order chi connectivity index (χ1) is 11.6. The quantitative estimate of drug-likeness (QED) is 0.553. The van der Waals surface area contributed by atoms with Gasteiger partial charge in [-0.05, 0) is 36.4 Å². The molecule has 2 rings (SSSR count). The number of carbonyl (C=O) groups excluding carboxylic acids is 1. The summed E-state index contributed by atoms with van der Waals surface area (Å²) in [5, 5.41) is 23.3. The van der Waals surface area contributed by atoms with Crippen molar-refractivity contribution in [2.24, 2.45) is 0 Å². The van der Waals surface area contributed by atoms with Gasteiger partial charge in [0.25, 0.3) is 5.91 Å². The van der Waals surface area contributed by atoms with Crippen molar-refractivity contribution in [3.8, 4) is 6.07 Å². The van der Waals surface area contributed by atoms with Crippen molar-refractivity contribution in [2.45, 2.75) is 6.54 Å². The Morgan fingerprint density at radius 1 is 1.21 bits per heavy atom. The number of carboxylic acid groups (broad SMARTS) is 1. The van der Waals surface area contributed by atoms with E-state index in [1.165, 1.54) is 30.5 Å². The van der Waals surface area contributed by atoms with Gasteiger partial charge in [0.05, 0.1) is 17.8 Å². The maximum atomic E-state index is 12.0. The number of amides is 1. The van der Waals surface area contributed by atoms with Gasteiger partial charge in [0.15, 0.2) is 0 Å². The molecule has 2 aromatic rings. The van der Waals surface area contributed by atoms with Crippen molar-refractivity contribution in [1.29, 1.82) is 5.26 Å². The maximum absolute atomic E-state index is 12.0. The molecule has 1 aromatic carbocycles. The zero-order chi connectivity index (χ0) is 17.4. The number of aromatic carboxylic acids is 1. The Morgan fingerprint density at radius 2 is 1.96 bits per heavy atom. The van der Waals surface area contributed by atoms with E-state index in [0.29, 0.717) is 12.2 Å². The third-order valence-electron chi connectivity index (χ3n) is 3.01. The molecule has 24 heavy (non-hydrogen) atoms. The summed E-state index contributed by atoms with van der Waals surface area (Å²) >= 11 is 0. The number of hydrogen-bond acceptors (Lipinski definition) is 5. The molecule has 120 valence electrons. The molecule has 7 nitrogen and oxygen atoms in total. The Labute approximate surface area is 138 Å². The summed E-state index contributed by atoms with van der Waals surface area (Å²) in [4.78, 5) is 26.9. The van der Waals surface area contributed by atoms with Gasteiger partial charge in [0.2, 0.25) is 0 Å². The predicted molar refractivity (Wildman–Crippen MR) is 86.8 cm³/mol. The Morgan fingerprint density at radius 3 is 2.54 bits per heavy atom. The summed E-state index contributed by atoms with van der Waals surface area (Å²) in [6.07, 6.45) is 2.97. The lowest BCUT2D eigenvalue weighted by Gasteiger charge is -2.05. The summed E-state index contributed by atoms with van der Waals surface area (Å²) in [5.74, 6) is -1.64. The molecule has 1 amide bonds. The Bertz CT molecular complexity index is 793. The molecule has 0 radical (unpaired) electrons. The molecule has 0 unspecified atom stereocenters. The molecule has 0 saturated heterocycles. The number of nitrogens with one attached hydrogen (secondary N) is 2. The number of hydrogen-bond donors (Lipinski definition) is 3. The topological polar surface area (TPSA) is 115 Å². The minimum atomic E-state index is -1.05. The molecule has 0 spiro atoms. The van der Waals surface area contributed by atoms with Gasteiger partial charge in [-0.1, -0.05) is 6.07 Å². The molecule has 3 N–H and O–H groups in total. The number of anilines is 1. The number of rotatable bonds is 6. The fourth-order valence-corrected chi connectivity index (χ4v) is 1.80.